The molecule has 0 spiro atoms. The number of nitrogens with one attached hydrogen (secondary N) is 1. The van der Waals surface area contributed by atoms with Crippen LogP contribution in [0.2, 0.25) is 0 Å². The second kappa shape index (κ2) is 3.99. The molecular weight excluding hydrogens is 184 g/mol. The van der Waals surface area contributed by atoms with Gasteiger partial charge >= 0.3 is 0 Å². The molecule has 0 saturated carbocycles. The highest BCUT2D eigenvalue weighted by Gasteiger charge is 2.22. The summed E-state index contributed by atoms with van der Waals surface area (Å²) in [7, 11) is 0. The third kappa shape index (κ3) is 2.61. The Labute approximate surface area is 93.5 Å². The largest absolute Gasteiger partial charge is 0.345 e. The molecule has 15 heavy (non-hydrogen) atoms. The van der Waals surface area contributed by atoms with Crippen LogP contribution in [0.25, 0.3) is 0 Å². The van der Waals surface area contributed by atoms with Crippen molar-refractivity contribution in [3.63, 3.8) is 0 Å². The van der Waals surface area contributed by atoms with E-state index in [-0.39, 0.29) is 5.41 Å². The number of imidazole rings is 1. The van der Waals surface area contributed by atoms with Crippen LogP contribution in [-0.2, 0) is 5.41 Å². The summed E-state index contributed by atoms with van der Waals surface area (Å²) in [5.41, 5.74) is 2.64. The zero-order valence-electron chi connectivity index (χ0n) is 11.1. The van der Waals surface area contributed by atoms with Crippen molar-refractivity contribution in [1.82, 2.24) is 9.97 Å². The van der Waals surface area contributed by atoms with E-state index in [1.807, 2.05) is 0 Å². The monoisotopic (exact) mass is 208 g/mol. The number of rotatable bonds is 2. The Morgan fingerprint density at radius 1 is 1.00 bits per heavy atom. The highest BCUT2D eigenvalue weighted by Crippen LogP contribution is 2.28. The van der Waals surface area contributed by atoms with E-state index in [0.29, 0.717) is 11.8 Å². The Hall–Kier alpha value is -0.790. The van der Waals surface area contributed by atoms with Gasteiger partial charge in [0.2, 0.25) is 0 Å². The molecule has 0 radical (unpaired) electrons. The average Bonchev–Trinajstić information content (AvgIpc) is 2.45. The molecule has 0 bridgehead atoms. The molecule has 0 aliphatic rings. The van der Waals surface area contributed by atoms with Crippen LogP contribution in [0.3, 0.4) is 0 Å². The van der Waals surface area contributed by atoms with Crippen molar-refractivity contribution in [3.05, 3.63) is 17.2 Å². The molecule has 2 nitrogen and oxygen atoms in total. The molecule has 0 unspecified atom stereocenters. The first kappa shape index (κ1) is 12.3. The van der Waals surface area contributed by atoms with Gasteiger partial charge in [0.05, 0.1) is 5.69 Å². The Morgan fingerprint density at radius 3 is 1.80 bits per heavy atom. The Kier molecular flexibility index (Phi) is 3.27. The Bertz CT molecular complexity index is 301. The smallest absolute Gasteiger partial charge is 0.112 e. The van der Waals surface area contributed by atoms with Gasteiger partial charge in [-0.05, 0) is 11.8 Å². The van der Waals surface area contributed by atoms with E-state index in [9.17, 15) is 0 Å². The summed E-state index contributed by atoms with van der Waals surface area (Å²) in [6.07, 6.45) is 0. The van der Waals surface area contributed by atoms with Crippen molar-refractivity contribution >= 4 is 0 Å². The van der Waals surface area contributed by atoms with E-state index < -0.39 is 0 Å². The fraction of sp³-hybridized carbons (Fsp3) is 0.769. The van der Waals surface area contributed by atoms with E-state index >= 15 is 0 Å². The standard InChI is InChI=1S/C13H24N2/c1-8(2)10-11(9(3)4)15-12(14-10)13(5,6)7/h8-9H,1-7H3,(H,14,15). The van der Waals surface area contributed by atoms with Gasteiger partial charge in [-0.3, -0.25) is 0 Å². The van der Waals surface area contributed by atoms with Crippen molar-refractivity contribution in [2.75, 3.05) is 0 Å². The van der Waals surface area contributed by atoms with Crippen LogP contribution < -0.4 is 0 Å². The minimum absolute atomic E-state index is 0.108. The van der Waals surface area contributed by atoms with Crippen molar-refractivity contribution in [2.24, 2.45) is 0 Å². The predicted octanol–water partition coefficient (Wildman–Crippen LogP) is 3.95. The predicted molar refractivity (Wildman–Crippen MR) is 65.5 cm³/mol. The number of hydrogen-bond acceptors (Lipinski definition) is 1. The molecule has 1 aromatic heterocycles. The van der Waals surface area contributed by atoms with E-state index in [4.69, 9.17) is 4.98 Å². The Morgan fingerprint density at radius 2 is 1.53 bits per heavy atom. The summed E-state index contributed by atoms with van der Waals surface area (Å²) in [5, 5.41) is 0. The maximum Gasteiger partial charge on any atom is 0.112 e. The van der Waals surface area contributed by atoms with Crippen LogP contribution in [0.1, 0.15) is 77.5 Å². The zero-order chi connectivity index (χ0) is 11.8. The molecule has 1 aromatic rings. The van der Waals surface area contributed by atoms with Crippen LogP contribution in [0.5, 0.6) is 0 Å². The van der Waals surface area contributed by atoms with Crippen LogP contribution in [0, 0.1) is 0 Å². The highest BCUT2D eigenvalue weighted by atomic mass is 15.0. The van der Waals surface area contributed by atoms with Gasteiger partial charge in [-0.25, -0.2) is 4.98 Å². The van der Waals surface area contributed by atoms with E-state index in [2.05, 4.69) is 53.5 Å². The van der Waals surface area contributed by atoms with Gasteiger partial charge in [0, 0.05) is 11.1 Å². The second-order valence-corrected chi connectivity index (χ2v) is 5.94. The van der Waals surface area contributed by atoms with Crippen LogP contribution in [0.4, 0.5) is 0 Å². The fourth-order valence-electron chi connectivity index (χ4n) is 1.64. The van der Waals surface area contributed by atoms with Crippen molar-refractivity contribution in [1.29, 1.82) is 0 Å². The third-order valence-electron chi connectivity index (χ3n) is 2.60. The zero-order valence-corrected chi connectivity index (χ0v) is 11.1. The normalized spacial score (nSPS) is 12.9. The van der Waals surface area contributed by atoms with Gasteiger partial charge in [-0.1, -0.05) is 48.5 Å². The lowest BCUT2D eigenvalue weighted by molar-refractivity contribution is 0.548. The van der Waals surface area contributed by atoms with Crippen molar-refractivity contribution in [2.45, 2.75) is 65.7 Å². The number of aromatic nitrogens is 2. The van der Waals surface area contributed by atoms with Gasteiger partial charge in [0.1, 0.15) is 5.82 Å². The molecule has 0 aliphatic heterocycles. The van der Waals surface area contributed by atoms with Crippen LogP contribution >= 0.6 is 0 Å². The van der Waals surface area contributed by atoms with E-state index in [0.717, 1.165) is 5.82 Å². The molecule has 0 aromatic carbocycles. The topological polar surface area (TPSA) is 28.7 Å². The molecule has 0 saturated heterocycles. The first-order chi connectivity index (χ1) is 6.73. The minimum atomic E-state index is 0.108. The van der Waals surface area contributed by atoms with E-state index in [1.54, 1.807) is 0 Å². The number of aromatic amines is 1. The van der Waals surface area contributed by atoms with Crippen LogP contribution in [0.15, 0.2) is 0 Å². The first-order valence-electron chi connectivity index (χ1n) is 5.83. The molecule has 0 amide bonds. The fourth-order valence-corrected chi connectivity index (χ4v) is 1.64. The molecule has 1 heterocycles. The van der Waals surface area contributed by atoms with Gasteiger partial charge in [-0.2, -0.15) is 0 Å². The third-order valence-corrected chi connectivity index (χ3v) is 2.60. The molecule has 0 atom stereocenters. The summed E-state index contributed by atoms with van der Waals surface area (Å²) < 4.78 is 0. The number of H-pyrrole nitrogens is 1. The summed E-state index contributed by atoms with van der Waals surface area (Å²) >= 11 is 0. The molecule has 0 fully saturated rings. The lowest BCUT2D eigenvalue weighted by atomic mass is 9.96. The number of nitrogens with zero attached hydrogens (tertiary/aromatic N) is 1. The molecule has 1 N–H and O–H groups in total. The SMILES string of the molecule is CC(C)c1nc(C(C)(C)C)[nH]c1C(C)C. The Balaban J connectivity index is 3.21. The van der Waals surface area contributed by atoms with E-state index in [1.165, 1.54) is 11.4 Å². The average molecular weight is 208 g/mol. The summed E-state index contributed by atoms with van der Waals surface area (Å²) in [5.74, 6) is 2.12. The van der Waals surface area contributed by atoms with Gasteiger partial charge in [-0.15, -0.1) is 0 Å². The first-order valence-corrected chi connectivity index (χ1v) is 5.83. The maximum absolute atomic E-state index is 4.75. The van der Waals surface area contributed by atoms with Gasteiger partial charge in [0.15, 0.2) is 0 Å². The summed E-state index contributed by atoms with van der Waals surface area (Å²) in [6.45, 7) is 15.4. The highest BCUT2D eigenvalue weighted by molar-refractivity contribution is 5.23. The summed E-state index contributed by atoms with van der Waals surface area (Å²) in [4.78, 5) is 8.24. The molecule has 2 heteroatoms. The van der Waals surface area contributed by atoms with Crippen molar-refractivity contribution < 1.29 is 0 Å². The molecule has 1 rings (SSSR count). The van der Waals surface area contributed by atoms with Gasteiger partial charge < -0.3 is 4.98 Å². The second-order valence-electron chi connectivity index (χ2n) is 5.94. The molecular formula is C13H24N2. The summed E-state index contributed by atoms with van der Waals surface area (Å²) in [6, 6.07) is 0. The molecule has 86 valence electrons. The quantitative estimate of drug-likeness (QED) is 0.783. The lowest BCUT2D eigenvalue weighted by Gasteiger charge is -2.14. The van der Waals surface area contributed by atoms with Crippen LogP contribution in [-0.4, -0.2) is 9.97 Å². The van der Waals surface area contributed by atoms with Gasteiger partial charge in [0.25, 0.3) is 0 Å². The van der Waals surface area contributed by atoms with Crippen molar-refractivity contribution in [3.8, 4) is 0 Å². The minimum Gasteiger partial charge on any atom is -0.345 e. The number of hydrogen-bond donors (Lipinski definition) is 1. The lowest BCUT2D eigenvalue weighted by Crippen LogP contribution is -2.13. The molecule has 0 aliphatic carbocycles. The maximum atomic E-state index is 4.75.